The molecule has 6 nitrogen and oxygen atoms in total. The molecule has 42 heavy (non-hydrogen) atoms. The van der Waals surface area contributed by atoms with Crippen LogP contribution in [-0.2, 0) is 22.8 Å². The number of aryl methyl sites for hydroxylation is 2. The molecule has 4 aromatic rings. The Kier molecular flexibility index (Phi) is 9.05. The maximum atomic E-state index is 13.5. The predicted molar refractivity (Wildman–Crippen MR) is 169 cm³/mol. The maximum absolute atomic E-state index is 13.5. The molecule has 1 aliphatic rings. The molecule has 1 atom stereocenters. The monoisotopic (exact) mass is 595 g/mol. The fourth-order valence-corrected chi connectivity index (χ4v) is 5.73. The molecule has 212 valence electrons. The number of carboxylic acid groups (broad SMARTS) is 1. The lowest BCUT2D eigenvalue weighted by Gasteiger charge is -2.23. The van der Waals surface area contributed by atoms with Crippen LogP contribution in [0.4, 0.5) is 0 Å². The Morgan fingerprint density at radius 2 is 1.48 bits per heavy atom. The van der Waals surface area contributed by atoms with Gasteiger partial charge in [0.1, 0.15) is 29.0 Å². The van der Waals surface area contributed by atoms with Crippen molar-refractivity contribution in [3.63, 3.8) is 0 Å². The Bertz CT molecular complexity index is 1630. The van der Waals surface area contributed by atoms with Crippen molar-refractivity contribution in [1.29, 1.82) is 0 Å². The summed E-state index contributed by atoms with van der Waals surface area (Å²) in [4.78, 5) is 27.3. The molecule has 0 saturated carbocycles. The Balaban J connectivity index is 1.43. The third kappa shape index (κ3) is 6.90. The van der Waals surface area contributed by atoms with Crippen LogP contribution in [0.25, 0.3) is 6.08 Å². The van der Waals surface area contributed by atoms with E-state index in [0.717, 1.165) is 33.4 Å². The summed E-state index contributed by atoms with van der Waals surface area (Å²) in [7, 11) is 0. The lowest BCUT2D eigenvalue weighted by Crippen LogP contribution is -2.37. The van der Waals surface area contributed by atoms with Crippen molar-refractivity contribution >= 4 is 46.3 Å². The van der Waals surface area contributed by atoms with E-state index in [1.54, 1.807) is 42.5 Å². The summed E-state index contributed by atoms with van der Waals surface area (Å²) in [5.41, 5.74) is 5.50. The highest BCUT2D eigenvalue weighted by Gasteiger charge is 2.41. The molecule has 4 aromatic carbocycles. The Labute approximate surface area is 254 Å². The van der Waals surface area contributed by atoms with Gasteiger partial charge in [-0.3, -0.25) is 9.69 Å². The molecule has 1 saturated heterocycles. The molecule has 0 radical (unpaired) electrons. The molecule has 1 fully saturated rings. The number of amides is 1. The molecule has 1 heterocycles. The quantitative estimate of drug-likeness (QED) is 0.150. The van der Waals surface area contributed by atoms with E-state index in [1.165, 1.54) is 5.56 Å². The topological polar surface area (TPSA) is 76.1 Å². The van der Waals surface area contributed by atoms with E-state index in [-0.39, 0.29) is 4.32 Å². The third-order valence-corrected chi connectivity index (χ3v) is 8.07. The molecule has 5 rings (SSSR count). The maximum Gasteiger partial charge on any atom is 0.331 e. The van der Waals surface area contributed by atoms with E-state index in [0.29, 0.717) is 40.7 Å². The minimum atomic E-state index is -1.22. The summed E-state index contributed by atoms with van der Waals surface area (Å²) in [6.07, 6.45) is 1.69. The molecule has 0 aromatic heterocycles. The summed E-state index contributed by atoms with van der Waals surface area (Å²) >= 11 is 6.56. The van der Waals surface area contributed by atoms with Gasteiger partial charge in [0.15, 0.2) is 6.04 Å². The molecule has 8 heteroatoms. The van der Waals surface area contributed by atoms with Crippen LogP contribution in [-0.4, -0.2) is 26.2 Å². The fraction of sp³-hybridized carbons (Fsp3) is 0.147. The van der Waals surface area contributed by atoms with Crippen LogP contribution < -0.4 is 9.47 Å². The summed E-state index contributed by atoms with van der Waals surface area (Å²) in [6.45, 7) is 4.78. The van der Waals surface area contributed by atoms with Crippen molar-refractivity contribution in [2.45, 2.75) is 33.1 Å². The Hall–Kier alpha value is -4.40. The zero-order valence-electron chi connectivity index (χ0n) is 23.2. The highest BCUT2D eigenvalue weighted by Crippen LogP contribution is 2.40. The van der Waals surface area contributed by atoms with Crippen LogP contribution >= 0.6 is 24.0 Å². The van der Waals surface area contributed by atoms with Gasteiger partial charge in [-0.05, 0) is 48.7 Å². The molecule has 0 bridgehead atoms. The Morgan fingerprint density at radius 3 is 2.07 bits per heavy atom. The van der Waals surface area contributed by atoms with Gasteiger partial charge >= 0.3 is 5.97 Å². The van der Waals surface area contributed by atoms with Gasteiger partial charge in [0, 0.05) is 11.6 Å². The van der Waals surface area contributed by atoms with E-state index in [9.17, 15) is 14.7 Å². The number of carboxylic acids is 1. The van der Waals surface area contributed by atoms with Gasteiger partial charge in [0.25, 0.3) is 5.91 Å². The van der Waals surface area contributed by atoms with Crippen molar-refractivity contribution in [2.75, 3.05) is 0 Å². The minimum Gasteiger partial charge on any atom is -0.489 e. The first-order chi connectivity index (χ1) is 20.3. The molecular formula is C34H29NO5S2. The van der Waals surface area contributed by atoms with Crippen molar-refractivity contribution < 1.29 is 24.2 Å². The standard InChI is InChI=1S/C34H29NO5S2/c1-22-8-12-24(13-9-22)20-39-28-17-16-27(29(19-28)40-21-25-14-10-23(2)11-15-25)18-30-32(36)35(34(41)42-30)31(33(37)38)26-6-4-3-5-7-26/h3-19,31H,20-21H2,1-2H3,(H,37,38)/b30-18-. The fourth-order valence-electron chi connectivity index (χ4n) is 4.43. The van der Waals surface area contributed by atoms with E-state index < -0.39 is 17.9 Å². The average molecular weight is 596 g/mol. The van der Waals surface area contributed by atoms with Gasteiger partial charge in [-0.15, -0.1) is 0 Å². The highest BCUT2D eigenvalue weighted by molar-refractivity contribution is 8.26. The van der Waals surface area contributed by atoms with Gasteiger partial charge in [-0.2, -0.15) is 0 Å². The van der Waals surface area contributed by atoms with Crippen molar-refractivity contribution in [3.8, 4) is 11.5 Å². The van der Waals surface area contributed by atoms with E-state index in [4.69, 9.17) is 21.7 Å². The lowest BCUT2D eigenvalue weighted by molar-refractivity contribution is -0.145. The molecule has 1 N–H and O–H groups in total. The number of carbonyl (C=O) groups is 2. The summed E-state index contributed by atoms with van der Waals surface area (Å²) in [5.74, 6) is -0.476. The van der Waals surface area contributed by atoms with Crippen molar-refractivity contribution in [2.24, 2.45) is 0 Å². The van der Waals surface area contributed by atoms with Crippen molar-refractivity contribution in [3.05, 3.63) is 135 Å². The number of aliphatic carboxylic acids is 1. The highest BCUT2D eigenvalue weighted by atomic mass is 32.2. The summed E-state index contributed by atoms with van der Waals surface area (Å²) in [6, 6.07) is 29.0. The summed E-state index contributed by atoms with van der Waals surface area (Å²) < 4.78 is 12.5. The zero-order chi connectivity index (χ0) is 29.6. The molecule has 0 aliphatic carbocycles. The number of benzene rings is 4. The van der Waals surface area contributed by atoms with Crippen LogP contribution in [0.5, 0.6) is 11.5 Å². The number of nitrogens with zero attached hydrogens (tertiary/aromatic N) is 1. The molecular weight excluding hydrogens is 567 g/mol. The largest absolute Gasteiger partial charge is 0.489 e. The van der Waals surface area contributed by atoms with Gasteiger partial charge in [0.05, 0.1) is 4.91 Å². The van der Waals surface area contributed by atoms with Gasteiger partial charge < -0.3 is 14.6 Å². The summed E-state index contributed by atoms with van der Waals surface area (Å²) in [5, 5.41) is 10.00. The first kappa shape index (κ1) is 29.1. The Morgan fingerprint density at radius 1 is 0.881 bits per heavy atom. The second-order valence-corrected chi connectivity index (χ2v) is 11.6. The van der Waals surface area contributed by atoms with Crippen LogP contribution in [0, 0.1) is 13.8 Å². The van der Waals surface area contributed by atoms with Crippen LogP contribution in [0.15, 0.2) is 102 Å². The molecule has 0 spiro atoms. The van der Waals surface area contributed by atoms with Crippen molar-refractivity contribution in [1.82, 2.24) is 4.90 Å². The molecule has 1 amide bonds. The SMILES string of the molecule is Cc1ccc(COc2ccc(/C=C3\SC(=S)N(C(C(=O)O)c4ccccc4)C3=O)c(OCc3ccc(C)cc3)c2)cc1. The first-order valence-electron chi connectivity index (χ1n) is 13.3. The number of rotatable bonds is 10. The number of hydrogen-bond acceptors (Lipinski definition) is 6. The lowest BCUT2D eigenvalue weighted by atomic mass is 10.1. The number of carbonyl (C=O) groups excluding carboxylic acids is 1. The second kappa shape index (κ2) is 13.1. The van der Waals surface area contributed by atoms with E-state index >= 15 is 0 Å². The van der Waals surface area contributed by atoms with Gasteiger partial charge in [-0.25, -0.2) is 4.79 Å². The van der Waals surface area contributed by atoms with Gasteiger partial charge in [0.2, 0.25) is 0 Å². The predicted octanol–water partition coefficient (Wildman–Crippen LogP) is 7.49. The third-order valence-electron chi connectivity index (χ3n) is 6.74. The second-order valence-electron chi connectivity index (χ2n) is 9.95. The van der Waals surface area contributed by atoms with E-state index in [1.807, 2.05) is 74.5 Å². The normalized spacial score (nSPS) is 14.7. The van der Waals surface area contributed by atoms with Crippen LogP contribution in [0.3, 0.4) is 0 Å². The molecule has 1 unspecified atom stereocenters. The average Bonchev–Trinajstić information content (AvgIpc) is 3.26. The minimum absolute atomic E-state index is 0.183. The van der Waals surface area contributed by atoms with Crippen LogP contribution in [0.1, 0.15) is 39.4 Å². The first-order valence-corrected chi connectivity index (χ1v) is 14.6. The smallest absolute Gasteiger partial charge is 0.331 e. The van der Waals surface area contributed by atoms with Crippen LogP contribution in [0.2, 0.25) is 0 Å². The number of hydrogen-bond donors (Lipinski definition) is 1. The number of ether oxygens (including phenoxy) is 2. The van der Waals surface area contributed by atoms with E-state index in [2.05, 4.69) is 0 Å². The number of thiocarbonyl (C=S) groups is 1. The molecule has 1 aliphatic heterocycles. The number of thioether (sulfide) groups is 1. The zero-order valence-corrected chi connectivity index (χ0v) is 24.8. The van der Waals surface area contributed by atoms with Gasteiger partial charge in [-0.1, -0.05) is 114 Å².